The third kappa shape index (κ3) is 2.44. The van der Waals surface area contributed by atoms with Crippen LogP contribution in [-0.2, 0) is 0 Å². The lowest BCUT2D eigenvalue weighted by molar-refractivity contribution is 0.995. The molecule has 0 radical (unpaired) electrons. The molecule has 1 heterocycles. The van der Waals surface area contributed by atoms with Crippen LogP contribution in [0.1, 0.15) is 22.6 Å². The monoisotopic (exact) mass is 350 g/mol. The summed E-state index contributed by atoms with van der Waals surface area (Å²) in [5.41, 5.74) is 6.81. The van der Waals surface area contributed by atoms with Gasteiger partial charge >= 0.3 is 0 Å². The second kappa shape index (κ2) is 6.44. The van der Waals surface area contributed by atoms with Gasteiger partial charge in [0, 0.05) is 10.6 Å². The standard InChI is InChI=1S/C25H18S/c1-4-10-18(11-5-1)23(19-12-6-2-7-13-19)24-20-14-8-3-9-15-21(20)25-22(24)16-17-26-25/h1-17,23H. The van der Waals surface area contributed by atoms with E-state index in [4.69, 9.17) is 0 Å². The molecule has 0 spiro atoms. The summed E-state index contributed by atoms with van der Waals surface area (Å²) < 4.78 is 1.39. The molecule has 0 N–H and O–H groups in total. The van der Waals surface area contributed by atoms with E-state index in [1.54, 1.807) is 0 Å². The molecule has 0 fully saturated rings. The highest BCUT2D eigenvalue weighted by Crippen LogP contribution is 2.48. The van der Waals surface area contributed by atoms with E-state index >= 15 is 0 Å². The van der Waals surface area contributed by atoms with Crippen LogP contribution in [0.4, 0.5) is 0 Å². The summed E-state index contributed by atoms with van der Waals surface area (Å²) in [7, 11) is 0. The van der Waals surface area contributed by atoms with Gasteiger partial charge in [0.05, 0.1) is 0 Å². The number of hydrogen-bond donors (Lipinski definition) is 0. The van der Waals surface area contributed by atoms with Crippen LogP contribution in [0, 0.1) is 0 Å². The molecule has 5 rings (SSSR count). The van der Waals surface area contributed by atoms with Crippen molar-refractivity contribution in [3.8, 4) is 11.1 Å². The van der Waals surface area contributed by atoms with Crippen LogP contribution >= 0.6 is 11.3 Å². The molecule has 0 unspecified atom stereocenters. The van der Waals surface area contributed by atoms with Crippen molar-refractivity contribution < 1.29 is 0 Å². The molecule has 0 aliphatic heterocycles. The third-order valence-electron chi connectivity index (χ3n) is 5.08. The van der Waals surface area contributed by atoms with E-state index in [1.807, 2.05) is 11.3 Å². The minimum atomic E-state index is 0.231. The average molecular weight is 350 g/mol. The molecule has 2 aliphatic rings. The van der Waals surface area contributed by atoms with Crippen molar-refractivity contribution in [2.45, 2.75) is 5.92 Å². The number of rotatable bonds is 3. The molecular formula is C25H18S. The van der Waals surface area contributed by atoms with Gasteiger partial charge in [0.1, 0.15) is 0 Å². The van der Waals surface area contributed by atoms with Gasteiger partial charge in [-0.2, -0.15) is 0 Å². The van der Waals surface area contributed by atoms with Gasteiger partial charge in [-0.3, -0.25) is 0 Å². The van der Waals surface area contributed by atoms with Gasteiger partial charge in [-0.25, -0.2) is 0 Å². The van der Waals surface area contributed by atoms with E-state index in [2.05, 4.69) is 102 Å². The molecule has 0 nitrogen and oxygen atoms in total. The van der Waals surface area contributed by atoms with Gasteiger partial charge in [0.2, 0.25) is 0 Å². The van der Waals surface area contributed by atoms with Gasteiger partial charge in [0.25, 0.3) is 0 Å². The first kappa shape index (κ1) is 15.4. The van der Waals surface area contributed by atoms with Crippen molar-refractivity contribution in [1.29, 1.82) is 0 Å². The second-order valence-corrected chi connectivity index (χ2v) is 7.49. The molecule has 0 amide bonds. The molecule has 0 saturated carbocycles. The Balaban J connectivity index is 1.87. The van der Waals surface area contributed by atoms with E-state index in [0.717, 1.165) is 0 Å². The van der Waals surface area contributed by atoms with Gasteiger partial charge in [-0.05, 0) is 44.6 Å². The highest BCUT2D eigenvalue weighted by atomic mass is 32.1. The average Bonchev–Trinajstić information content (AvgIpc) is 3.18. The summed E-state index contributed by atoms with van der Waals surface area (Å²) in [5.74, 6) is 0.231. The number of hydrogen-bond acceptors (Lipinski definition) is 1. The maximum atomic E-state index is 2.29. The SMILES string of the molecule is c1ccc(C(c2ccccc2)c2c3cccccc-3c3sccc23)cc1. The number of benzene rings is 2. The molecule has 124 valence electrons. The second-order valence-electron chi connectivity index (χ2n) is 6.57. The molecule has 0 bridgehead atoms. The molecule has 1 heteroatoms. The molecule has 1 aromatic heterocycles. The largest absolute Gasteiger partial charge is 0.143 e. The van der Waals surface area contributed by atoms with Crippen LogP contribution in [-0.4, -0.2) is 0 Å². The lowest BCUT2D eigenvalue weighted by Crippen LogP contribution is -2.03. The van der Waals surface area contributed by atoms with Crippen molar-refractivity contribution in [2.75, 3.05) is 0 Å². The Morgan fingerprint density at radius 3 is 1.69 bits per heavy atom. The van der Waals surface area contributed by atoms with Crippen LogP contribution < -0.4 is 0 Å². The molecular weight excluding hydrogens is 332 g/mol. The maximum Gasteiger partial charge on any atom is 0.0424 e. The normalized spacial score (nSPS) is 11.4. The summed E-state index contributed by atoms with van der Waals surface area (Å²) >= 11 is 1.84. The van der Waals surface area contributed by atoms with Crippen molar-refractivity contribution >= 4 is 21.4 Å². The minimum Gasteiger partial charge on any atom is -0.143 e. The van der Waals surface area contributed by atoms with E-state index in [9.17, 15) is 0 Å². The highest BCUT2D eigenvalue weighted by molar-refractivity contribution is 7.18. The van der Waals surface area contributed by atoms with E-state index in [0.29, 0.717) is 0 Å². The predicted molar refractivity (Wildman–Crippen MR) is 112 cm³/mol. The zero-order chi connectivity index (χ0) is 17.3. The Labute approximate surface area is 157 Å². The molecule has 0 saturated heterocycles. The van der Waals surface area contributed by atoms with Gasteiger partial charge in [-0.15, -0.1) is 11.3 Å². The van der Waals surface area contributed by atoms with Crippen LogP contribution in [0.15, 0.2) is 102 Å². The minimum absolute atomic E-state index is 0.231. The lowest BCUT2D eigenvalue weighted by Gasteiger charge is -2.20. The number of fused-ring (bicyclic) bond motifs is 3. The van der Waals surface area contributed by atoms with Crippen LogP contribution in [0.25, 0.3) is 21.2 Å². The Morgan fingerprint density at radius 2 is 1.08 bits per heavy atom. The van der Waals surface area contributed by atoms with Gasteiger partial charge in [-0.1, -0.05) is 91.0 Å². The highest BCUT2D eigenvalue weighted by Gasteiger charge is 2.26. The fraction of sp³-hybridized carbons (Fsp3) is 0.0400. The molecule has 2 aliphatic carbocycles. The zero-order valence-electron chi connectivity index (χ0n) is 14.3. The van der Waals surface area contributed by atoms with Gasteiger partial charge in [0.15, 0.2) is 0 Å². The Bertz CT molecular complexity index is 1080. The van der Waals surface area contributed by atoms with Crippen molar-refractivity contribution in [3.63, 3.8) is 0 Å². The fourth-order valence-corrected chi connectivity index (χ4v) is 4.93. The smallest absolute Gasteiger partial charge is 0.0424 e. The first-order valence-electron chi connectivity index (χ1n) is 8.91. The van der Waals surface area contributed by atoms with Crippen molar-refractivity contribution in [2.24, 2.45) is 0 Å². The first-order chi connectivity index (χ1) is 12.9. The topological polar surface area (TPSA) is 0 Å². The third-order valence-corrected chi connectivity index (χ3v) is 6.03. The number of thiophene rings is 1. The molecule has 3 aromatic rings. The van der Waals surface area contributed by atoms with Gasteiger partial charge < -0.3 is 0 Å². The Kier molecular flexibility index (Phi) is 3.80. The molecule has 0 atom stereocenters. The van der Waals surface area contributed by atoms with Crippen LogP contribution in [0.2, 0.25) is 0 Å². The van der Waals surface area contributed by atoms with Crippen molar-refractivity contribution in [3.05, 3.63) is 119 Å². The summed E-state index contributed by atoms with van der Waals surface area (Å²) in [6.45, 7) is 0. The van der Waals surface area contributed by atoms with Crippen molar-refractivity contribution in [1.82, 2.24) is 0 Å². The predicted octanol–water partition coefficient (Wildman–Crippen LogP) is 7.19. The molecule has 26 heavy (non-hydrogen) atoms. The van der Waals surface area contributed by atoms with Crippen LogP contribution in [0.3, 0.4) is 0 Å². The first-order valence-corrected chi connectivity index (χ1v) is 9.79. The Hall–Kier alpha value is -2.90. The van der Waals surface area contributed by atoms with E-state index < -0.39 is 0 Å². The summed E-state index contributed by atoms with van der Waals surface area (Å²) in [6.07, 6.45) is 0. The Morgan fingerprint density at radius 1 is 0.538 bits per heavy atom. The lowest BCUT2D eigenvalue weighted by atomic mass is 9.83. The maximum absolute atomic E-state index is 2.29. The summed E-state index contributed by atoms with van der Waals surface area (Å²) in [6, 6.07) is 35.0. The quantitative estimate of drug-likeness (QED) is 0.323. The summed E-state index contributed by atoms with van der Waals surface area (Å²) in [5, 5.41) is 3.60. The summed E-state index contributed by atoms with van der Waals surface area (Å²) in [4.78, 5) is 0. The fourth-order valence-electron chi connectivity index (χ4n) is 3.98. The van der Waals surface area contributed by atoms with E-state index in [-0.39, 0.29) is 5.92 Å². The van der Waals surface area contributed by atoms with Crippen LogP contribution in [0.5, 0.6) is 0 Å². The zero-order valence-corrected chi connectivity index (χ0v) is 15.1. The molecule has 2 aromatic carbocycles. The van der Waals surface area contributed by atoms with E-state index in [1.165, 1.54) is 37.9 Å².